The van der Waals surface area contributed by atoms with Gasteiger partial charge in [0.05, 0.1) is 0 Å². The molecule has 0 aliphatic rings. The van der Waals surface area contributed by atoms with E-state index in [1.807, 2.05) is 42.5 Å². The minimum atomic E-state index is -0.783. The van der Waals surface area contributed by atoms with Crippen molar-refractivity contribution in [2.75, 3.05) is 11.9 Å². The first-order valence-electron chi connectivity index (χ1n) is 9.51. The largest absolute Gasteiger partial charge is 0.451 e. The fourth-order valence-corrected chi connectivity index (χ4v) is 2.71. The van der Waals surface area contributed by atoms with Crippen LogP contribution in [0.25, 0.3) is 6.08 Å². The van der Waals surface area contributed by atoms with Crippen LogP contribution in [0.3, 0.4) is 0 Å². The topological polar surface area (TPSA) is 84.5 Å². The van der Waals surface area contributed by atoms with Crippen molar-refractivity contribution in [1.29, 1.82) is 0 Å². The van der Waals surface area contributed by atoms with Crippen molar-refractivity contribution in [3.8, 4) is 0 Å². The van der Waals surface area contributed by atoms with Crippen molar-refractivity contribution in [3.05, 3.63) is 71.4 Å². The zero-order valence-electron chi connectivity index (χ0n) is 16.9. The number of benzene rings is 2. The van der Waals surface area contributed by atoms with Crippen LogP contribution in [0.5, 0.6) is 0 Å². The average Bonchev–Trinajstić information content (AvgIpc) is 2.71. The number of rotatable bonds is 8. The maximum absolute atomic E-state index is 12.4. The first-order chi connectivity index (χ1) is 13.9. The summed E-state index contributed by atoms with van der Waals surface area (Å²) < 4.78 is 5.10. The molecule has 2 amide bonds. The maximum atomic E-state index is 12.4. The highest BCUT2D eigenvalue weighted by Gasteiger charge is 2.16. The number of hydrogen-bond acceptors (Lipinski definition) is 4. The van der Waals surface area contributed by atoms with Crippen molar-refractivity contribution in [1.82, 2.24) is 5.32 Å². The molecule has 6 heteroatoms. The molecule has 2 N–H and O–H groups in total. The van der Waals surface area contributed by atoms with E-state index in [1.54, 1.807) is 12.1 Å². The van der Waals surface area contributed by atoms with Gasteiger partial charge in [-0.3, -0.25) is 9.59 Å². The number of para-hydroxylation sites is 1. The Bertz CT molecular complexity index is 891. The Balaban J connectivity index is 2.03. The minimum Gasteiger partial charge on any atom is -0.451 e. The summed E-state index contributed by atoms with van der Waals surface area (Å²) in [5, 5.41) is 5.24. The third-order valence-electron chi connectivity index (χ3n) is 4.35. The zero-order chi connectivity index (χ0) is 21.2. The van der Waals surface area contributed by atoms with E-state index in [-0.39, 0.29) is 11.6 Å². The summed E-state index contributed by atoms with van der Waals surface area (Å²) in [5.74, 6) is -1.35. The van der Waals surface area contributed by atoms with Crippen LogP contribution in [0, 0.1) is 0 Å². The number of carbonyl (C=O) groups excluding carboxylic acids is 3. The number of amides is 2. The fraction of sp³-hybridized carbons (Fsp3) is 0.261. The third kappa shape index (κ3) is 6.92. The lowest BCUT2D eigenvalue weighted by molar-refractivity contribution is -0.144. The standard InChI is InChI=1S/C23H26N2O4/c1-4-16(2)19-12-8-9-13-20(19)25-22(27)15-29-23(28)21(24-17(3)26)14-18-10-6-5-7-11-18/h5-14,16H,4,15H2,1-3H3,(H,24,26)(H,25,27)/b21-14+. The number of ether oxygens (including phenoxy) is 1. The summed E-state index contributed by atoms with van der Waals surface area (Å²) in [4.78, 5) is 36.1. The summed E-state index contributed by atoms with van der Waals surface area (Å²) in [5.41, 5.74) is 2.42. The Morgan fingerprint density at radius 2 is 1.69 bits per heavy atom. The van der Waals surface area contributed by atoms with E-state index in [4.69, 9.17) is 4.74 Å². The number of nitrogens with one attached hydrogen (secondary N) is 2. The van der Waals surface area contributed by atoms with E-state index in [1.165, 1.54) is 13.0 Å². The highest BCUT2D eigenvalue weighted by molar-refractivity contribution is 5.99. The van der Waals surface area contributed by atoms with Gasteiger partial charge in [0.15, 0.2) is 6.61 Å². The van der Waals surface area contributed by atoms with Crippen molar-refractivity contribution < 1.29 is 19.1 Å². The molecule has 2 aromatic rings. The summed E-state index contributed by atoms with van der Waals surface area (Å²) in [6.45, 7) is 5.00. The highest BCUT2D eigenvalue weighted by Crippen LogP contribution is 2.26. The van der Waals surface area contributed by atoms with Crippen molar-refractivity contribution in [2.45, 2.75) is 33.1 Å². The molecule has 0 saturated carbocycles. The molecule has 1 unspecified atom stereocenters. The predicted octanol–water partition coefficient (Wildman–Crippen LogP) is 3.86. The molecule has 0 heterocycles. The summed E-state index contributed by atoms with van der Waals surface area (Å²) >= 11 is 0. The van der Waals surface area contributed by atoms with Gasteiger partial charge >= 0.3 is 5.97 Å². The monoisotopic (exact) mass is 394 g/mol. The number of esters is 1. The second kappa shape index (κ2) is 10.8. The van der Waals surface area contributed by atoms with Crippen LogP contribution in [0.2, 0.25) is 0 Å². The second-order valence-corrected chi connectivity index (χ2v) is 6.67. The van der Waals surface area contributed by atoms with Crippen LogP contribution < -0.4 is 10.6 Å². The maximum Gasteiger partial charge on any atom is 0.355 e. The molecule has 1 atom stereocenters. The van der Waals surface area contributed by atoms with Crippen LogP contribution >= 0.6 is 0 Å². The Hall–Kier alpha value is -3.41. The normalized spacial score (nSPS) is 12.0. The lowest BCUT2D eigenvalue weighted by atomic mass is 9.97. The molecular weight excluding hydrogens is 368 g/mol. The molecule has 0 aliphatic heterocycles. The Labute approximate surface area is 171 Å². The third-order valence-corrected chi connectivity index (χ3v) is 4.35. The number of hydrogen-bond donors (Lipinski definition) is 2. The molecule has 2 aromatic carbocycles. The van der Waals surface area contributed by atoms with E-state index in [2.05, 4.69) is 24.5 Å². The second-order valence-electron chi connectivity index (χ2n) is 6.67. The molecule has 2 rings (SSSR count). The van der Waals surface area contributed by atoms with Gasteiger partial charge in [-0.25, -0.2) is 4.79 Å². The molecule has 29 heavy (non-hydrogen) atoms. The summed E-state index contributed by atoms with van der Waals surface area (Å²) in [6.07, 6.45) is 2.44. The van der Waals surface area contributed by atoms with Gasteiger partial charge in [-0.05, 0) is 35.6 Å². The molecule has 0 bridgehead atoms. The lowest BCUT2D eigenvalue weighted by Gasteiger charge is -2.15. The predicted molar refractivity (Wildman–Crippen MR) is 113 cm³/mol. The van der Waals surface area contributed by atoms with Gasteiger partial charge in [0.25, 0.3) is 5.91 Å². The SMILES string of the molecule is CCC(C)c1ccccc1NC(=O)COC(=O)/C(=C\c1ccccc1)NC(C)=O. The molecule has 0 radical (unpaired) electrons. The molecule has 0 fully saturated rings. The summed E-state index contributed by atoms with van der Waals surface area (Å²) in [6, 6.07) is 16.6. The fourth-order valence-electron chi connectivity index (χ4n) is 2.71. The molecule has 0 saturated heterocycles. The highest BCUT2D eigenvalue weighted by atomic mass is 16.5. The van der Waals surface area contributed by atoms with E-state index < -0.39 is 24.4 Å². The quantitative estimate of drug-likeness (QED) is 0.526. The smallest absolute Gasteiger partial charge is 0.355 e. The van der Waals surface area contributed by atoms with E-state index in [9.17, 15) is 14.4 Å². The van der Waals surface area contributed by atoms with Crippen molar-refractivity contribution >= 4 is 29.5 Å². The molecule has 0 spiro atoms. The first-order valence-corrected chi connectivity index (χ1v) is 9.51. The van der Waals surface area contributed by atoms with Gasteiger partial charge < -0.3 is 15.4 Å². The molecule has 0 aromatic heterocycles. The number of carbonyl (C=O) groups is 3. The van der Waals surface area contributed by atoms with Crippen molar-refractivity contribution in [3.63, 3.8) is 0 Å². The van der Waals surface area contributed by atoms with E-state index >= 15 is 0 Å². The first kappa shape index (κ1) is 21.9. The van der Waals surface area contributed by atoms with Crippen LogP contribution in [0.4, 0.5) is 5.69 Å². The number of anilines is 1. The van der Waals surface area contributed by atoms with Gasteiger partial charge in [0.1, 0.15) is 5.70 Å². The van der Waals surface area contributed by atoms with E-state index in [0.717, 1.165) is 17.5 Å². The van der Waals surface area contributed by atoms with Crippen LogP contribution in [0.1, 0.15) is 44.2 Å². The van der Waals surface area contributed by atoms with Gasteiger partial charge in [-0.15, -0.1) is 0 Å². The van der Waals surface area contributed by atoms with Crippen LogP contribution in [-0.4, -0.2) is 24.4 Å². The molecule has 6 nitrogen and oxygen atoms in total. The van der Waals surface area contributed by atoms with Gasteiger partial charge in [-0.2, -0.15) is 0 Å². The summed E-state index contributed by atoms with van der Waals surface area (Å²) in [7, 11) is 0. The lowest BCUT2D eigenvalue weighted by Crippen LogP contribution is -2.29. The Morgan fingerprint density at radius 3 is 2.34 bits per heavy atom. The average molecular weight is 394 g/mol. The Kier molecular flexibility index (Phi) is 8.15. The van der Waals surface area contributed by atoms with Crippen molar-refractivity contribution in [2.24, 2.45) is 0 Å². The van der Waals surface area contributed by atoms with E-state index in [0.29, 0.717) is 5.69 Å². The van der Waals surface area contributed by atoms with Gasteiger partial charge in [0.2, 0.25) is 5.91 Å². The molecule has 152 valence electrons. The van der Waals surface area contributed by atoms with Crippen LogP contribution in [-0.2, 0) is 19.1 Å². The minimum absolute atomic E-state index is 0.0310. The molecular formula is C23H26N2O4. The molecule has 0 aliphatic carbocycles. The Morgan fingerprint density at radius 1 is 1.03 bits per heavy atom. The van der Waals surface area contributed by atoms with Crippen LogP contribution in [0.15, 0.2) is 60.3 Å². The van der Waals surface area contributed by atoms with Gasteiger partial charge in [0, 0.05) is 12.6 Å². The zero-order valence-corrected chi connectivity index (χ0v) is 16.9. The van der Waals surface area contributed by atoms with Gasteiger partial charge in [-0.1, -0.05) is 62.4 Å².